The number of benzene rings is 1. The zero-order chi connectivity index (χ0) is 24.4. The Morgan fingerprint density at radius 2 is 1.86 bits per heavy atom. The van der Waals surface area contributed by atoms with Gasteiger partial charge in [0.05, 0.1) is 28.8 Å². The summed E-state index contributed by atoms with van der Waals surface area (Å²) in [6.07, 6.45) is 4.20. The molecule has 176 valence electrons. The van der Waals surface area contributed by atoms with Crippen molar-refractivity contribution in [1.29, 1.82) is 0 Å². The summed E-state index contributed by atoms with van der Waals surface area (Å²) >= 11 is 0. The molecule has 3 aliphatic rings. The van der Waals surface area contributed by atoms with Crippen molar-refractivity contribution in [3.63, 3.8) is 0 Å². The largest absolute Gasteiger partial charge is 0.370 e. The standard InChI is InChI=1S/C28H27N5O2/c1-18-10-11-20(27(34)32-25-13-12-21(17-29-25)33-14-6-7-15-33)16-24(18)30-19(2)26-22-8-4-3-5-9-23(22)31-28(26)35/h3-5,8-13,16-17H,6-7,14-15H2,1-2H3,(H,31,35)(H,29,32,34)/b30-19+. The molecule has 2 N–H and O–H groups in total. The van der Waals surface area contributed by atoms with Gasteiger partial charge in [0.15, 0.2) is 0 Å². The number of nitrogens with one attached hydrogen (secondary N) is 2. The first-order chi connectivity index (χ1) is 17.0. The van der Waals surface area contributed by atoms with Crippen LogP contribution in [0.3, 0.4) is 0 Å². The fourth-order valence-corrected chi connectivity index (χ4v) is 4.46. The van der Waals surface area contributed by atoms with E-state index in [-0.39, 0.29) is 11.5 Å². The summed E-state index contributed by atoms with van der Waals surface area (Å²) in [7, 11) is 0. The van der Waals surface area contributed by atoms with E-state index in [0.29, 0.717) is 28.3 Å². The molecule has 1 saturated heterocycles. The van der Waals surface area contributed by atoms with Crippen molar-refractivity contribution in [1.82, 2.24) is 9.97 Å². The number of hydrogen-bond donors (Lipinski definition) is 2. The summed E-state index contributed by atoms with van der Waals surface area (Å²) in [5.74, 6) is 0.242. The normalized spacial score (nSPS) is 13.9. The fraction of sp³-hybridized carbons (Fsp3) is 0.214. The molecule has 0 spiro atoms. The van der Waals surface area contributed by atoms with Crippen molar-refractivity contribution >= 4 is 28.8 Å². The zero-order valence-electron chi connectivity index (χ0n) is 19.8. The minimum Gasteiger partial charge on any atom is -0.370 e. The minimum atomic E-state index is -0.260. The number of aromatic nitrogens is 2. The van der Waals surface area contributed by atoms with Crippen LogP contribution in [0.2, 0.25) is 0 Å². The van der Waals surface area contributed by atoms with Crippen LogP contribution in [-0.2, 0) is 0 Å². The zero-order valence-corrected chi connectivity index (χ0v) is 19.8. The second-order valence-corrected chi connectivity index (χ2v) is 8.82. The quantitative estimate of drug-likeness (QED) is 0.398. The van der Waals surface area contributed by atoms with Crippen molar-refractivity contribution in [2.75, 3.05) is 23.3 Å². The molecule has 2 aromatic rings. The first kappa shape index (κ1) is 22.5. The molecular weight excluding hydrogens is 438 g/mol. The summed E-state index contributed by atoms with van der Waals surface area (Å²) in [6, 6.07) is 18.7. The van der Waals surface area contributed by atoms with Crippen LogP contribution in [0, 0.1) is 6.92 Å². The van der Waals surface area contributed by atoms with Gasteiger partial charge in [-0.2, -0.15) is 0 Å². The van der Waals surface area contributed by atoms with Gasteiger partial charge in [-0.05, 0) is 62.6 Å². The van der Waals surface area contributed by atoms with Crippen LogP contribution in [0.5, 0.6) is 0 Å². The number of fused-ring (bicyclic) bond motifs is 1. The van der Waals surface area contributed by atoms with Gasteiger partial charge in [-0.25, -0.2) is 4.98 Å². The monoisotopic (exact) mass is 465 g/mol. The van der Waals surface area contributed by atoms with Crippen molar-refractivity contribution in [2.24, 2.45) is 4.99 Å². The lowest BCUT2D eigenvalue weighted by molar-refractivity contribution is 0.102. The molecule has 0 bridgehead atoms. The maximum Gasteiger partial charge on any atom is 0.258 e. The van der Waals surface area contributed by atoms with Gasteiger partial charge >= 0.3 is 0 Å². The van der Waals surface area contributed by atoms with Crippen molar-refractivity contribution in [2.45, 2.75) is 26.7 Å². The lowest BCUT2D eigenvalue weighted by Gasteiger charge is -2.17. The van der Waals surface area contributed by atoms with Gasteiger partial charge in [-0.3, -0.25) is 14.6 Å². The molecule has 1 amide bonds. The molecule has 35 heavy (non-hydrogen) atoms. The molecule has 1 fully saturated rings. The highest BCUT2D eigenvalue weighted by atomic mass is 16.1. The number of aryl methyl sites for hydroxylation is 1. The molecule has 2 aliphatic heterocycles. The lowest BCUT2D eigenvalue weighted by Crippen LogP contribution is -2.18. The number of rotatable bonds is 5. The van der Waals surface area contributed by atoms with E-state index >= 15 is 0 Å². The molecule has 7 heteroatoms. The summed E-state index contributed by atoms with van der Waals surface area (Å²) < 4.78 is 0. The molecule has 1 aromatic heterocycles. The molecule has 7 nitrogen and oxygen atoms in total. The van der Waals surface area contributed by atoms with Gasteiger partial charge < -0.3 is 15.2 Å². The Bertz CT molecular complexity index is 1430. The van der Waals surface area contributed by atoms with E-state index in [2.05, 4.69) is 20.2 Å². The Balaban J connectivity index is 1.38. The Morgan fingerprint density at radius 3 is 2.63 bits per heavy atom. The minimum absolute atomic E-state index is 0.178. The van der Waals surface area contributed by atoms with Crippen molar-refractivity contribution in [3.05, 3.63) is 93.9 Å². The van der Waals surface area contributed by atoms with Gasteiger partial charge in [0.2, 0.25) is 0 Å². The van der Waals surface area contributed by atoms with E-state index in [4.69, 9.17) is 4.99 Å². The Hall–Kier alpha value is -4.26. The first-order valence-electron chi connectivity index (χ1n) is 11.8. The van der Waals surface area contributed by atoms with Crippen molar-refractivity contribution in [3.8, 4) is 11.3 Å². The fourth-order valence-electron chi connectivity index (χ4n) is 4.46. The molecular formula is C28H27N5O2. The number of H-pyrrole nitrogens is 1. The molecule has 0 radical (unpaired) electrons. The van der Waals surface area contributed by atoms with Crippen molar-refractivity contribution < 1.29 is 4.79 Å². The van der Waals surface area contributed by atoms with Crippen LogP contribution in [0.4, 0.5) is 17.2 Å². The highest BCUT2D eigenvalue weighted by molar-refractivity contribution is 6.07. The maximum absolute atomic E-state index is 12.9. The maximum atomic E-state index is 12.9. The lowest BCUT2D eigenvalue weighted by atomic mass is 10.1. The number of nitrogens with zero attached hydrogens (tertiary/aromatic N) is 3. The molecule has 5 rings (SSSR count). The third kappa shape index (κ3) is 4.71. The Morgan fingerprint density at radius 1 is 1.06 bits per heavy atom. The van der Waals surface area contributed by atoms with E-state index in [1.54, 1.807) is 18.3 Å². The third-order valence-electron chi connectivity index (χ3n) is 6.36. The molecule has 1 aliphatic carbocycles. The van der Waals surface area contributed by atoms with Crippen LogP contribution >= 0.6 is 0 Å². The van der Waals surface area contributed by atoms with Crippen LogP contribution < -0.4 is 15.8 Å². The van der Waals surface area contributed by atoms with Gasteiger partial charge in [-0.15, -0.1) is 0 Å². The number of aromatic amines is 1. The average molecular weight is 466 g/mol. The molecule has 0 saturated carbocycles. The SMILES string of the molecule is C/C(=N\c1cc(C(=O)Nc2ccc(N3CCCC3)cn2)ccc1C)c1c2cccccc-2[nH]c1=O. The topological polar surface area (TPSA) is 90.4 Å². The van der Waals surface area contributed by atoms with Crippen LogP contribution in [-0.4, -0.2) is 34.7 Å². The van der Waals surface area contributed by atoms with Gasteiger partial charge in [0.25, 0.3) is 11.5 Å². The summed E-state index contributed by atoms with van der Waals surface area (Å²) in [6.45, 7) is 5.84. The van der Waals surface area contributed by atoms with Crippen LogP contribution in [0.25, 0.3) is 11.3 Å². The van der Waals surface area contributed by atoms with Crippen LogP contribution in [0.15, 0.2) is 76.6 Å². The summed E-state index contributed by atoms with van der Waals surface area (Å²) in [5, 5.41) is 2.87. The number of amides is 1. The number of carbonyl (C=O) groups is 1. The predicted molar refractivity (Wildman–Crippen MR) is 140 cm³/mol. The van der Waals surface area contributed by atoms with Gasteiger partial charge in [-0.1, -0.05) is 30.3 Å². The second kappa shape index (κ2) is 9.54. The van der Waals surface area contributed by atoms with Gasteiger partial charge in [0, 0.05) is 29.9 Å². The number of aliphatic imine (C=N–C) groups is 1. The number of pyridine rings is 1. The second-order valence-electron chi connectivity index (χ2n) is 8.82. The molecule has 0 atom stereocenters. The average Bonchev–Trinajstić information content (AvgIpc) is 3.43. The van der Waals surface area contributed by atoms with E-state index in [1.807, 2.05) is 62.4 Å². The summed E-state index contributed by atoms with van der Waals surface area (Å²) in [5.41, 5.74) is 5.62. The van der Waals surface area contributed by atoms with E-state index < -0.39 is 0 Å². The number of anilines is 2. The number of hydrogen-bond acceptors (Lipinski definition) is 5. The predicted octanol–water partition coefficient (Wildman–Crippen LogP) is 5.18. The third-order valence-corrected chi connectivity index (χ3v) is 6.36. The Kier molecular flexibility index (Phi) is 6.14. The van der Waals surface area contributed by atoms with E-state index in [1.165, 1.54) is 12.8 Å². The molecule has 0 unspecified atom stereocenters. The van der Waals surface area contributed by atoms with E-state index in [9.17, 15) is 9.59 Å². The number of carbonyl (C=O) groups excluding carboxylic acids is 1. The van der Waals surface area contributed by atoms with E-state index in [0.717, 1.165) is 35.6 Å². The highest BCUT2D eigenvalue weighted by Gasteiger charge is 2.17. The molecule has 1 aromatic carbocycles. The Labute approximate surface area is 203 Å². The highest BCUT2D eigenvalue weighted by Crippen LogP contribution is 2.26. The smallest absolute Gasteiger partial charge is 0.258 e. The molecule has 3 heterocycles. The summed E-state index contributed by atoms with van der Waals surface area (Å²) in [4.78, 5) is 39.9. The first-order valence-corrected chi connectivity index (χ1v) is 11.8. The van der Waals surface area contributed by atoms with Gasteiger partial charge in [0.1, 0.15) is 5.82 Å². The van der Waals surface area contributed by atoms with Crippen LogP contribution in [0.1, 0.15) is 41.3 Å².